The summed E-state index contributed by atoms with van der Waals surface area (Å²) in [4.78, 5) is 4.09. The second kappa shape index (κ2) is 11.0. The molecular weight excluding hydrogens is 354 g/mol. The number of piperidine rings is 1. The SMILES string of the molecule is CCc1cccc(CC)c1NC(=S)N(CCOC)C1CC[NH+](C(C)C)CC1. The van der Waals surface area contributed by atoms with Crippen molar-refractivity contribution in [2.24, 2.45) is 0 Å². The third-order valence-electron chi connectivity index (χ3n) is 5.88. The van der Waals surface area contributed by atoms with Crippen LogP contribution in [0.4, 0.5) is 5.69 Å². The van der Waals surface area contributed by atoms with Crippen LogP contribution in [0.25, 0.3) is 0 Å². The van der Waals surface area contributed by atoms with Gasteiger partial charge in [-0.05, 0) is 50.0 Å². The van der Waals surface area contributed by atoms with Gasteiger partial charge in [0, 0.05) is 38.2 Å². The Morgan fingerprint density at radius 2 is 1.81 bits per heavy atom. The molecule has 0 aromatic heterocycles. The molecule has 1 saturated heterocycles. The van der Waals surface area contributed by atoms with E-state index >= 15 is 0 Å². The molecule has 1 fully saturated rings. The number of methoxy groups -OCH3 is 1. The van der Waals surface area contributed by atoms with Crippen LogP contribution < -0.4 is 10.2 Å². The second-order valence-electron chi connectivity index (χ2n) is 7.82. The zero-order valence-electron chi connectivity index (χ0n) is 17.8. The first-order valence-corrected chi connectivity index (χ1v) is 10.9. The lowest BCUT2D eigenvalue weighted by atomic mass is 10.0. The summed E-state index contributed by atoms with van der Waals surface area (Å²) in [5.74, 6) is 0. The Hall–Kier alpha value is -1.17. The summed E-state index contributed by atoms with van der Waals surface area (Å²) in [6.45, 7) is 13.0. The van der Waals surface area contributed by atoms with Crippen molar-refractivity contribution in [2.75, 3.05) is 38.7 Å². The highest BCUT2D eigenvalue weighted by Crippen LogP contribution is 2.24. The van der Waals surface area contributed by atoms with Gasteiger partial charge >= 0.3 is 0 Å². The number of rotatable bonds is 8. The van der Waals surface area contributed by atoms with Gasteiger partial charge in [0.2, 0.25) is 0 Å². The number of likely N-dealkylation sites (tertiary alicyclic amines) is 1. The predicted molar refractivity (Wildman–Crippen MR) is 119 cm³/mol. The van der Waals surface area contributed by atoms with E-state index in [1.54, 1.807) is 12.0 Å². The van der Waals surface area contributed by atoms with Gasteiger partial charge in [0.15, 0.2) is 5.11 Å². The fourth-order valence-corrected chi connectivity index (χ4v) is 4.43. The van der Waals surface area contributed by atoms with Gasteiger partial charge in [-0.25, -0.2) is 0 Å². The molecule has 4 nitrogen and oxygen atoms in total. The van der Waals surface area contributed by atoms with Gasteiger partial charge in [-0.2, -0.15) is 0 Å². The highest BCUT2D eigenvalue weighted by atomic mass is 32.1. The molecule has 0 spiro atoms. The number of para-hydroxylation sites is 1. The fraction of sp³-hybridized carbons (Fsp3) is 0.682. The molecule has 0 radical (unpaired) electrons. The van der Waals surface area contributed by atoms with E-state index in [1.165, 1.54) is 42.7 Å². The molecule has 1 aromatic rings. The number of nitrogens with zero attached hydrogens (tertiary/aromatic N) is 1. The molecule has 0 unspecified atom stereocenters. The van der Waals surface area contributed by atoms with Gasteiger partial charge in [0.05, 0.1) is 25.7 Å². The van der Waals surface area contributed by atoms with Crippen LogP contribution in [0.2, 0.25) is 0 Å². The number of thiocarbonyl (C=S) groups is 1. The topological polar surface area (TPSA) is 28.9 Å². The Bertz CT molecular complexity index is 575. The Labute approximate surface area is 171 Å². The average molecular weight is 393 g/mol. The van der Waals surface area contributed by atoms with E-state index in [0.29, 0.717) is 18.7 Å². The molecule has 5 heteroatoms. The minimum absolute atomic E-state index is 0.501. The number of ether oxygens (including phenoxy) is 1. The molecule has 2 rings (SSSR count). The van der Waals surface area contributed by atoms with E-state index < -0.39 is 0 Å². The summed E-state index contributed by atoms with van der Waals surface area (Å²) in [5.41, 5.74) is 3.88. The van der Waals surface area contributed by atoms with Crippen LogP contribution in [0.15, 0.2) is 18.2 Å². The smallest absolute Gasteiger partial charge is 0.173 e. The molecule has 27 heavy (non-hydrogen) atoms. The molecule has 1 aliphatic heterocycles. The minimum atomic E-state index is 0.501. The molecule has 1 aliphatic rings. The molecule has 0 amide bonds. The third kappa shape index (κ3) is 5.90. The third-order valence-corrected chi connectivity index (χ3v) is 6.22. The van der Waals surface area contributed by atoms with Gasteiger partial charge in [-0.15, -0.1) is 0 Å². The molecular formula is C22H38N3OS+. The molecule has 0 bridgehead atoms. The van der Waals surface area contributed by atoms with Crippen LogP contribution in [0.1, 0.15) is 51.7 Å². The van der Waals surface area contributed by atoms with Crippen LogP contribution in [0, 0.1) is 0 Å². The number of anilines is 1. The van der Waals surface area contributed by atoms with Crippen molar-refractivity contribution in [3.8, 4) is 0 Å². The number of nitrogens with one attached hydrogen (secondary N) is 2. The number of aryl methyl sites for hydroxylation is 2. The summed E-state index contributed by atoms with van der Waals surface area (Å²) in [5, 5.41) is 4.46. The zero-order chi connectivity index (χ0) is 19.8. The van der Waals surface area contributed by atoms with Crippen molar-refractivity contribution in [1.82, 2.24) is 4.90 Å². The molecule has 152 valence electrons. The van der Waals surface area contributed by atoms with Gasteiger partial charge < -0.3 is 19.9 Å². The molecule has 0 aliphatic carbocycles. The molecule has 1 heterocycles. The minimum Gasteiger partial charge on any atom is -0.383 e. The lowest BCUT2D eigenvalue weighted by molar-refractivity contribution is -0.926. The summed E-state index contributed by atoms with van der Waals surface area (Å²) >= 11 is 5.90. The summed E-state index contributed by atoms with van der Waals surface area (Å²) in [7, 11) is 1.77. The maximum Gasteiger partial charge on any atom is 0.173 e. The Kier molecular flexibility index (Phi) is 9.00. The second-order valence-corrected chi connectivity index (χ2v) is 8.21. The monoisotopic (exact) mass is 392 g/mol. The quantitative estimate of drug-likeness (QED) is 0.666. The predicted octanol–water partition coefficient (Wildman–Crippen LogP) is 2.91. The number of quaternary nitrogens is 1. The number of hydrogen-bond donors (Lipinski definition) is 2. The average Bonchev–Trinajstić information content (AvgIpc) is 2.68. The summed E-state index contributed by atoms with van der Waals surface area (Å²) in [6, 6.07) is 7.76. The number of hydrogen-bond acceptors (Lipinski definition) is 2. The fourth-order valence-electron chi connectivity index (χ4n) is 4.08. The van der Waals surface area contributed by atoms with E-state index in [1.807, 2.05) is 0 Å². The lowest BCUT2D eigenvalue weighted by Crippen LogP contribution is -3.16. The first kappa shape index (κ1) is 22.1. The van der Waals surface area contributed by atoms with Gasteiger partial charge in [0.1, 0.15) is 0 Å². The first-order chi connectivity index (χ1) is 13.0. The maximum atomic E-state index is 5.90. The van der Waals surface area contributed by atoms with E-state index in [-0.39, 0.29) is 0 Å². The summed E-state index contributed by atoms with van der Waals surface area (Å²) in [6.07, 6.45) is 4.39. The van der Waals surface area contributed by atoms with E-state index in [4.69, 9.17) is 17.0 Å². The van der Waals surface area contributed by atoms with Gasteiger partial charge in [0.25, 0.3) is 0 Å². The van der Waals surface area contributed by atoms with E-state index in [0.717, 1.165) is 24.5 Å². The normalized spacial score (nSPS) is 19.9. The summed E-state index contributed by atoms with van der Waals surface area (Å²) < 4.78 is 5.38. The Balaban J connectivity index is 2.14. The van der Waals surface area contributed by atoms with Crippen LogP contribution in [0.3, 0.4) is 0 Å². The van der Waals surface area contributed by atoms with E-state index in [9.17, 15) is 0 Å². The van der Waals surface area contributed by atoms with Crippen molar-refractivity contribution in [3.05, 3.63) is 29.3 Å². The van der Waals surface area contributed by atoms with Crippen molar-refractivity contribution in [1.29, 1.82) is 0 Å². The van der Waals surface area contributed by atoms with Crippen molar-refractivity contribution < 1.29 is 9.64 Å². The maximum absolute atomic E-state index is 5.90. The van der Waals surface area contributed by atoms with Crippen molar-refractivity contribution in [2.45, 2.75) is 65.5 Å². The van der Waals surface area contributed by atoms with Crippen LogP contribution >= 0.6 is 12.2 Å². The highest BCUT2D eigenvalue weighted by Gasteiger charge is 2.29. The highest BCUT2D eigenvalue weighted by molar-refractivity contribution is 7.80. The standard InChI is InChI=1S/C22H37N3OS/c1-6-18-9-8-10-19(7-2)21(18)23-22(27)25(15-16-26-5)20-11-13-24(14-12-20)17(3)4/h8-10,17,20H,6-7,11-16H2,1-5H3,(H,23,27)/p+1. The van der Waals surface area contributed by atoms with Crippen LogP contribution in [0.5, 0.6) is 0 Å². The van der Waals surface area contributed by atoms with Crippen LogP contribution in [-0.2, 0) is 17.6 Å². The zero-order valence-corrected chi connectivity index (χ0v) is 18.6. The molecule has 0 atom stereocenters. The van der Waals surface area contributed by atoms with Crippen molar-refractivity contribution >= 4 is 23.0 Å². The van der Waals surface area contributed by atoms with Gasteiger partial charge in [-0.3, -0.25) is 0 Å². The first-order valence-electron chi connectivity index (χ1n) is 10.5. The lowest BCUT2D eigenvalue weighted by Gasteiger charge is -2.39. The molecule has 1 aromatic carbocycles. The van der Waals surface area contributed by atoms with Crippen LogP contribution in [-0.4, -0.2) is 55.4 Å². The Morgan fingerprint density at radius 1 is 1.22 bits per heavy atom. The molecule has 2 N–H and O–H groups in total. The largest absolute Gasteiger partial charge is 0.383 e. The van der Waals surface area contributed by atoms with E-state index in [2.05, 4.69) is 56.1 Å². The number of benzene rings is 1. The molecule has 0 saturated carbocycles. The Morgan fingerprint density at radius 3 is 2.30 bits per heavy atom. The van der Waals surface area contributed by atoms with Crippen molar-refractivity contribution in [3.63, 3.8) is 0 Å². The van der Waals surface area contributed by atoms with Gasteiger partial charge in [-0.1, -0.05) is 32.0 Å².